The van der Waals surface area contributed by atoms with Crippen LogP contribution in [0.2, 0.25) is 5.02 Å². The average molecular weight is 275 g/mol. The zero-order valence-corrected chi connectivity index (χ0v) is 11.4. The molecule has 0 bridgehead atoms. The molecule has 3 nitrogen and oxygen atoms in total. The van der Waals surface area contributed by atoms with Crippen LogP contribution in [0, 0.1) is 6.92 Å². The summed E-state index contributed by atoms with van der Waals surface area (Å²) in [6.07, 6.45) is 0. The highest BCUT2D eigenvalue weighted by Gasteiger charge is 2.07. The van der Waals surface area contributed by atoms with Crippen molar-refractivity contribution < 1.29 is 4.79 Å². The molecule has 0 fully saturated rings. The largest absolute Gasteiger partial charge is 0.399 e. The molecule has 19 heavy (non-hydrogen) atoms. The highest BCUT2D eigenvalue weighted by molar-refractivity contribution is 6.31. The molecule has 2 aromatic carbocycles. The first-order chi connectivity index (χ1) is 9.06. The molecular formula is C15H15ClN2O. The van der Waals surface area contributed by atoms with Crippen molar-refractivity contribution in [3.63, 3.8) is 0 Å². The van der Waals surface area contributed by atoms with E-state index >= 15 is 0 Å². The lowest BCUT2D eigenvalue weighted by Crippen LogP contribution is -2.23. The van der Waals surface area contributed by atoms with Crippen molar-refractivity contribution in [3.8, 4) is 0 Å². The molecule has 0 spiro atoms. The SMILES string of the molecule is Cc1cc(N)cc(C(=O)NCc2ccccc2Cl)c1. The number of hydrogen-bond donors (Lipinski definition) is 2. The summed E-state index contributed by atoms with van der Waals surface area (Å²) in [4.78, 5) is 12.0. The third-order valence-corrected chi connectivity index (χ3v) is 3.13. The van der Waals surface area contributed by atoms with Crippen LogP contribution >= 0.6 is 11.6 Å². The maximum atomic E-state index is 12.0. The number of carbonyl (C=O) groups is 1. The number of benzene rings is 2. The van der Waals surface area contributed by atoms with Crippen LogP contribution in [0.5, 0.6) is 0 Å². The summed E-state index contributed by atoms with van der Waals surface area (Å²) < 4.78 is 0. The lowest BCUT2D eigenvalue weighted by molar-refractivity contribution is 0.0951. The van der Waals surface area contributed by atoms with Crippen LogP contribution in [-0.4, -0.2) is 5.91 Å². The van der Waals surface area contributed by atoms with Gasteiger partial charge in [0.15, 0.2) is 0 Å². The highest BCUT2D eigenvalue weighted by atomic mass is 35.5. The smallest absolute Gasteiger partial charge is 0.251 e. The van der Waals surface area contributed by atoms with Gasteiger partial charge in [-0.1, -0.05) is 29.8 Å². The van der Waals surface area contributed by atoms with E-state index in [0.717, 1.165) is 11.1 Å². The first-order valence-electron chi connectivity index (χ1n) is 5.95. The van der Waals surface area contributed by atoms with Gasteiger partial charge in [-0.05, 0) is 42.3 Å². The molecular weight excluding hydrogens is 260 g/mol. The summed E-state index contributed by atoms with van der Waals surface area (Å²) in [7, 11) is 0. The fourth-order valence-corrected chi connectivity index (χ4v) is 2.07. The monoisotopic (exact) mass is 274 g/mol. The highest BCUT2D eigenvalue weighted by Crippen LogP contribution is 2.15. The Hall–Kier alpha value is -2.00. The first kappa shape index (κ1) is 13.4. The number of halogens is 1. The molecule has 0 heterocycles. The van der Waals surface area contributed by atoms with Crippen molar-refractivity contribution in [2.24, 2.45) is 0 Å². The van der Waals surface area contributed by atoms with E-state index in [0.29, 0.717) is 22.8 Å². The minimum Gasteiger partial charge on any atom is -0.399 e. The van der Waals surface area contributed by atoms with Crippen LogP contribution in [-0.2, 0) is 6.54 Å². The van der Waals surface area contributed by atoms with Gasteiger partial charge in [0.2, 0.25) is 0 Å². The number of anilines is 1. The van der Waals surface area contributed by atoms with Gasteiger partial charge in [0.25, 0.3) is 5.91 Å². The number of nitrogens with one attached hydrogen (secondary N) is 1. The topological polar surface area (TPSA) is 55.1 Å². The van der Waals surface area contributed by atoms with Crippen LogP contribution in [0.25, 0.3) is 0 Å². The summed E-state index contributed by atoms with van der Waals surface area (Å²) in [6.45, 7) is 2.30. The van der Waals surface area contributed by atoms with Gasteiger partial charge >= 0.3 is 0 Å². The lowest BCUT2D eigenvalue weighted by Gasteiger charge is -2.08. The minimum atomic E-state index is -0.157. The predicted molar refractivity (Wildman–Crippen MR) is 78.2 cm³/mol. The van der Waals surface area contributed by atoms with Gasteiger partial charge in [0, 0.05) is 22.8 Å². The molecule has 0 aromatic heterocycles. The van der Waals surface area contributed by atoms with Crippen molar-refractivity contribution in [1.82, 2.24) is 5.32 Å². The number of carbonyl (C=O) groups excluding carboxylic acids is 1. The minimum absolute atomic E-state index is 0.157. The molecule has 4 heteroatoms. The maximum Gasteiger partial charge on any atom is 0.251 e. The zero-order valence-electron chi connectivity index (χ0n) is 10.6. The summed E-state index contributed by atoms with van der Waals surface area (Å²) in [5.41, 5.74) is 8.72. The summed E-state index contributed by atoms with van der Waals surface area (Å²) in [5.74, 6) is -0.157. The molecule has 0 aliphatic heterocycles. The molecule has 2 aromatic rings. The van der Waals surface area contributed by atoms with Gasteiger partial charge in [-0.3, -0.25) is 4.79 Å². The van der Waals surface area contributed by atoms with Crippen LogP contribution in [0.3, 0.4) is 0 Å². The van der Waals surface area contributed by atoms with Crippen molar-refractivity contribution in [3.05, 3.63) is 64.2 Å². The predicted octanol–water partition coefficient (Wildman–Crippen LogP) is 3.16. The molecule has 0 radical (unpaired) electrons. The molecule has 98 valence electrons. The van der Waals surface area contributed by atoms with Crippen LogP contribution in [0.4, 0.5) is 5.69 Å². The van der Waals surface area contributed by atoms with Crippen LogP contribution in [0.1, 0.15) is 21.5 Å². The van der Waals surface area contributed by atoms with Crippen molar-refractivity contribution in [2.45, 2.75) is 13.5 Å². The van der Waals surface area contributed by atoms with E-state index in [1.807, 2.05) is 31.2 Å². The fourth-order valence-electron chi connectivity index (χ4n) is 1.86. The molecule has 0 aliphatic rings. The quantitative estimate of drug-likeness (QED) is 0.845. The van der Waals surface area contributed by atoms with E-state index in [1.54, 1.807) is 18.2 Å². The first-order valence-corrected chi connectivity index (χ1v) is 6.33. The van der Waals surface area contributed by atoms with E-state index in [4.69, 9.17) is 17.3 Å². The number of hydrogen-bond acceptors (Lipinski definition) is 2. The molecule has 2 rings (SSSR count). The Kier molecular flexibility index (Phi) is 4.07. The molecule has 3 N–H and O–H groups in total. The summed E-state index contributed by atoms with van der Waals surface area (Å²) in [6, 6.07) is 12.7. The third kappa shape index (κ3) is 3.48. The maximum absolute atomic E-state index is 12.0. The summed E-state index contributed by atoms with van der Waals surface area (Å²) in [5, 5.41) is 3.48. The number of nitrogen functional groups attached to an aromatic ring is 1. The molecule has 1 amide bonds. The van der Waals surface area contributed by atoms with Crippen LogP contribution < -0.4 is 11.1 Å². The number of amides is 1. The van der Waals surface area contributed by atoms with Gasteiger partial charge in [0.05, 0.1) is 0 Å². The lowest BCUT2D eigenvalue weighted by atomic mass is 10.1. The fraction of sp³-hybridized carbons (Fsp3) is 0.133. The van der Waals surface area contributed by atoms with E-state index in [-0.39, 0.29) is 5.91 Å². The number of nitrogens with two attached hydrogens (primary N) is 1. The Morgan fingerprint density at radius 2 is 2.00 bits per heavy atom. The zero-order chi connectivity index (χ0) is 13.8. The Balaban J connectivity index is 2.08. The Morgan fingerprint density at radius 3 is 2.68 bits per heavy atom. The summed E-state index contributed by atoms with van der Waals surface area (Å²) >= 11 is 6.03. The molecule has 0 saturated carbocycles. The van der Waals surface area contributed by atoms with E-state index in [1.165, 1.54) is 0 Å². The standard InChI is InChI=1S/C15H15ClN2O/c1-10-6-12(8-13(17)7-10)15(19)18-9-11-4-2-3-5-14(11)16/h2-8H,9,17H2,1H3,(H,18,19). The van der Waals surface area contributed by atoms with Crippen molar-refractivity contribution in [2.75, 3.05) is 5.73 Å². The molecule has 0 atom stereocenters. The van der Waals surface area contributed by atoms with Gasteiger partial charge in [-0.25, -0.2) is 0 Å². The van der Waals surface area contributed by atoms with Crippen molar-refractivity contribution >= 4 is 23.2 Å². The Morgan fingerprint density at radius 1 is 1.26 bits per heavy atom. The second kappa shape index (κ2) is 5.76. The molecule has 0 unspecified atom stereocenters. The normalized spacial score (nSPS) is 10.2. The molecule has 0 saturated heterocycles. The number of aryl methyl sites for hydroxylation is 1. The van der Waals surface area contributed by atoms with Gasteiger partial charge < -0.3 is 11.1 Å². The van der Waals surface area contributed by atoms with E-state index in [2.05, 4.69) is 5.32 Å². The molecule has 0 aliphatic carbocycles. The van der Waals surface area contributed by atoms with Crippen LogP contribution in [0.15, 0.2) is 42.5 Å². The van der Waals surface area contributed by atoms with Gasteiger partial charge in [-0.15, -0.1) is 0 Å². The average Bonchev–Trinajstić information content (AvgIpc) is 2.36. The van der Waals surface area contributed by atoms with E-state index < -0.39 is 0 Å². The van der Waals surface area contributed by atoms with Gasteiger partial charge in [0.1, 0.15) is 0 Å². The second-order valence-electron chi connectivity index (χ2n) is 4.41. The Labute approximate surface area is 117 Å². The Bertz CT molecular complexity index is 591. The van der Waals surface area contributed by atoms with Crippen molar-refractivity contribution in [1.29, 1.82) is 0 Å². The third-order valence-electron chi connectivity index (χ3n) is 2.76. The van der Waals surface area contributed by atoms with Gasteiger partial charge in [-0.2, -0.15) is 0 Å². The van der Waals surface area contributed by atoms with E-state index in [9.17, 15) is 4.79 Å². The second-order valence-corrected chi connectivity index (χ2v) is 4.81. The number of rotatable bonds is 3.